The first kappa shape index (κ1) is 13.5. The number of nitrogens with zero attached hydrogens (tertiary/aromatic N) is 2. The van der Waals surface area contributed by atoms with Crippen LogP contribution < -0.4 is 5.48 Å². The molecule has 1 aromatic heterocycles. The first-order valence-corrected chi connectivity index (χ1v) is 6.33. The maximum absolute atomic E-state index is 11.6. The Labute approximate surface area is 111 Å². The smallest absolute Gasteiger partial charge is 0.263 e. The zero-order valence-electron chi connectivity index (χ0n) is 10.7. The van der Waals surface area contributed by atoms with Gasteiger partial charge in [0.2, 0.25) is 5.91 Å². The number of pyridine rings is 1. The lowest BCUT2D eigenvalue weighted by molar-refractivity contribution is -0.143. The lowest BCUT2D eigenvalue weighted by Crippen LogP contribution is -2.42. The molecule has 2 rings (SSSR count). The summed E-state index contributed by atoms with van der Waals surface area (Å²) in [5.74, 6) is -0.271. The lowest BCUT2D eigenvalue weighted by atomic mass is 10.1. The second-order valence-corrected chi connectivity index (χ2v) is 4.45. The number of hydrogen-bond acceptors (Lipinski definition) is 4. The van der Waals surface area contributed by atoms with Crippen molar-refractivity contribution in [2.24, 2.45) is 0 Å². The average Bonchev–Trinajstić information content (AvgIpc) is 2.43. The number of likely N-dealkylation sites (tertiary alicyclic amines) is 1. The van der Waals surface area contributed by atoms with Crippen LogP contribution in [0.2, 0.25) is 0 Å². The Bertz CT molecular complexity index is 436. The molecule has 1 saturated heterocycles. The number of hydrogen-bond donors (Lipinski definition) is 1. The third kappa shape index (κ3) is 4.33. The van der Waals surface area contributed by atoms with Gasteiger partial charge in [0.15, 0.2) is 0 Å². The molecule has 0 bridgehead atoms. The highest BCUT2D eigenvalue weighted by atomic mass is 16.6. The Morgan fingerprint density at radius 3 is 3.11 bits per heavy atom. The first-order valence-electron chi connectivity index (χ1n) is 6.33. The molecule has 0 saturated carbocycles. The van der Waals surface area contributed by atoms with Crippen LogP contribution in [0.4, 0.5) is 0 Å². The summed E-state index contributed by atoms with van der Waals surface area (Å²) in [6.45, 7) is 0.967. The summed E-state index contributed by atoms with van der Waals surface area (Å²) < 4.78 is 0. The van der Waals surface area contributed by atoms with Crippen LogP contribution in [0.3, 0.4) is 0 Å². The van der Waals surface area contributed by atoms with Crippen molar-refractivity contribution in [2.75, 3.05) is 13.1 Å². The van der Waals surface area contributed by atoms with Gasteiger partial charge in [-0.15, -0.1) is 0 Å². The van der Waals surface area contributed by atoms with E-state index in [2.05, 4.69) is 10.5 Å². The zero-order valence-corrected chi connectivity index (χ0v) is 10.7. The van der Waals surface area contributed by atoms with Crippen molar-refractivity contribution < 1.29 is 14.4 Å². The van der Waals surface area contributed by atoms with Crippen LogP contribution in [0.25, 0.3) is 0 Å². The SMILES string of the molecule is O=C(CN1CCCCC1=O)NOCc1cccnc1. The molecular weight excluding hydrogens is 246 g/mol. The van der Waals surface area contributed by atoms with Gasteiger partial charge in [-0.1, -0.05) is 6.07 Å². The zero-order chi connectivity index (χ0) is 13.5. The van der Waals surface area contributed by atoms with Crippen LogP contribution in [0, 0.1) is 0 Å². The predicted molar refractivity (Wildman–Crippen MR) is 67.6 cm³/mol. The molecule has 2 heterocycles. The number of rotatable bonds is 5. The van der Waals surface area contributed by atoms with Crippen molar-refractivity contribution in [3.8, 4) is 0 Å². The third-order valence-electron chi connectivity index (χ3n) is 2.90. The molecule has 0 atom stereocenters. The van der Waals surface area contributed by atoms with Crippen LogP contribution in [-0.4, -0.2) is 34.8 Å². The molecule has 0 aliphatic carbocycles. The maximum Gasteiger partial charge on any atom is 0.263 e. The Morgan fingerprint density at radius 1 is 1.47 bits per heavy atom. The number of aromatic nitrogens is 1. The van der Waals surface area contributed by atoms with E-state index >= 15 is 0 Å². The molecule has 1 aliphatic rings. The van der Waals surface area contributed by atoms with Crippen LogP contribution in [0.5, 0.6) is 0 Å². The quantitative estimate of drug-likeness (QED) is 0.791. The van der Waals surface area contributed by atoms with Crippen molar-refractivity contribution in [1.82, 2.24) is 15.4 Å². The number of hydroxylamine groups is 1. The number of amides is 2. The molecule has 0 unspecified atom stereocenters. The van der Waals surface area contributed by atoms with Crippen molar-refractivity contribution in [3.05, 3.63) is 30.1 Å². The molecule has 2 amide bonds. The highest BCUT2D eigenvalue weighted by Gasteiger charge is 2.20. The Hall–Kier alpha value is -1.95. The number of carbonyl (C=O) groups excluding carboxylic acids is 2. The van der Waals surface area contributed by atoms with Gasteiger partial charge in [0.05, 0.1) is 0 Å². The van der Waals surface area contributed by atoms with Gasteiger partial charge in [-0.3, -0.25) is 19.4 Å². The summed E-state index contributed by atoms with van der Waals surface area (Å²) in [6.07, 6.45) is 5.73. The van der Waals surface area contributed by atoms with E-state index in [1.54, 1.807) is 23.4 Å². The Kier molecular flexibility index (Phi) is 4.85. The van der Waals surface area contributed by atoms with Crippen LogP contribution >= 0.6 is 0 Å². The number of nitrogens with one attached hydrogen (secondary N) is 1. The normalized spacial score (nSPS) is 15.4. The van der Waals surface area contributed by atoms with Gasteiger partial charge in [-0.2, -0.15) is 0 Å². The van der Waals surface area contributed by atoms with E-state index in [1.165, 1.54) is 0 Å². The molecule has 6 nitrogen and oxygen atoms in total. The first-order chi connectivity index (χ1) is 9.25. The van der Waals surface area contributed by atoms with Gasteiger partial charge < -0.3 is 4.90 Å². The van der Waals surface area contributed by atoms with Gasteiger partial charge in [-0.05, 0) is 24.5 Å². The summed E-state index contributed by atoms with van der Waals surface area (Å²) in [4.78, 5) is 33.7. The second kappa shape index (κ2) is 6.84. The number of carbonyl (C=O) groups is 2. The third-order valence-corrected chi connectivity index (χ3v) is 2.90. The molecule has 6 heteroatoms. The Balaban J connectivity index is 1.68. The minimum Gasteiger partial charge on any atom is -0.333 e. The maximum atomic E-state index is 11.6. The highest BCUT2D eigenvalue weighted by Crippen LogP contribution is 2.09. The molecule has 102 valence electrons. The van der Waals surface area contributed by atoms with Gasteiger partial charge in [0.1, 0.15) is 13.2 Å². The van der Waals surface area contributed by atoms with Crippen molar-refractivity contribution in [3.63, 3.8) is 0 Å². The fourth-order valence-corrected chi connectivity index (χ4v) is 1.92. The van der Waals surface area contributed by atoms with Crippen molar-refractivity contribution in [2.45, 2.75) is 25.9 Å². The molecule has 0 radical (unpaired) electrons. The van der Waals surface area contributed by atoms with Gasteiger partial charge in [-0.25, -0.2) is 5.48 Å². The molecule has 0 spiro atoms. The van der Waals surface area contributed by atoms with E-state index in [-0.39, 0.29) is 25.0 Å². The van der Waals surface area contributed by atoms with E-state index in [4.69, 9.17) is 4.84 Å². The Morgan fingerprint density at radius 2 is 2.37 bits per heavy atom. The molecule has 1 fully saturated rings. The fourth-order valence-electron chi connectivity index (χ4n) is 1.92. The second-order valence-electron chi connectivity index (χ2n) is 4.45. The van der Waals surface area contributed by atoms with Crippen LogP contribution in [0.15, 0.2) is 24.5 Å². The van der Waals surface area contributed by atoms with Crippen molar-refractivity contribution in [1.29, 1.82) is 0 Å². The minimum atomic E-state index is -0.306. The van der Waals surface area contributed by atoms with Crippen LogP contribution in [-0.2, 0) is 21.0 Å². The molecule has 1 aromatic rings. The van der Waals surface area contributed by atoms with Gasteiger partial charge >= 0.3 is 0 Å². The van der Waals surface area contributed by atoms with E-state index < -0.39 is 0 Å². The standard InChI is InChI=1S/C13H17N3O3/c17-12(9-16-7-2-1-5-13(16)18)15-19-10-11-4-3-6-14-8-11/h3-4,6,8H,1-2,5,7,9-10H2,(H,15,17). The van der Waals surface area contributed by atoms with Crippen molar-refractivity contribution >= 4 is 11.8 Å². The molecule has 0 aromatic carbocycles. The summed E-state index contributed by atoms with van der Waals surface area (Å²) >= 11 is 0. The summed E-state index contributed by atoms with van der Waals surface area (Å²) in [6, 6.07) is 3.65. The largest absolute Gasteiger partial charge is 0.333 e. The van der Waals surface area contributed by atoms with E-state index in [9.17, 15) is 9.59 Å². The lowest BCUT2D eigenvalue weighted by Gasteiger charge is -2.25. The molecular formula is C13H17N3O3. The predicted octanol–water partition coefficient (Wildman–Crippen LogP) is 0.642. The van der Waals surface area contributed by atoms with E-state index in [0.717, 1.165) is 18.4 Å². The van der Waals surface area contributed by atoms with Crippen LogP contribution in [0.1, 0.15) is 24.8 Å². The summed E-state index contributed by atoms with van der Waals surface area (Å²) in [7, 11) is 0. The summed E-state index contributed by atoms with van der Waals surface area (Å²) in [5, 5.41) is 0. The summed E-state index contributed by atoms with van der Waals surface area (Å²) in [5.41, 5.74) is 3.21. The molecule has 1 N–H and O–H groups in total. The van der Waals surface area contributed by atoms with Gasteiger partial charge in [0, 0.05) is 25.4 Å². The van der Waals surface area contributed by atoms with E-state index in [1.807, 2.05) is 6.07 Å². The average molecular weight is 263 g/mol. The minimum absolute atomic E-state index is 0.0358. The monoisotopic (exact) mass is 263 g/mol. The highest BCUT2D eigenvalue weighted by molar-refractivity contribution is 5.84. The van der Waals surface area contributed by atoms with Gasteiger partial charge in [0.25, 0.3) is 5.91 Å². The number of piperidine rings is 1. The van der Waals surface area contributed by atoms with E-state index in [0.29, 0.717) is 13.0 Å². The molecule has 19 heavy (non-hydrogen) atoms. The molecule has 1 aliphatic heterocycles. The fraction of sp³-hybridized carbons (Fsp3) is 0.462. The topological polar surface area (TPSA) is 71.5 Å².